The number of aliphatic hydroxyl groups is 2. The Bertz CT molecular complexity index is 409. The summed E-state index contributed by atoms with van der Waals surface area (Å²) < 4.78 is 0. The predicted octanol–water partition coefficient (Wildman–Crippen LogP) is 2.39. The van der Waals surface area contributed by atoms with Crippen molar-refractivity contribution in [2.45, 2.75) is 38.7 Å². The third-order valence-corrected chi connectivity index (χ3v) is 3.43. The first-order chi connectivity index (χ1) is 8.86. The molecule has 3 N–H and O–H groups in total. The number of hydrogen-bond acceptors (Lipinski definition) is 3. The fraction of sp³-hybridized carbons (Fsp3) is 0.533. The first-order valence-electron chi connectivity index (χ1n) is 6.54. The van der Waals surface area contributed by atoms with Crippen molar-refractivity contribution in [2.24, 2.45) is 5.92 Å². The predicted molar refractivity (Wildman–Crippen MR) is 73.1 cm³/mol. The van der Waals surface area contributed by atoms with E-state index in [9.17, 15) is 9.90 Å². The normalized spacial score (nSPS) is 15.8. The van der Waals surface area contributed by atoms with Crippen LogP contribution in [0.2, 0.25) is 0 Å². The van der Waals surface area contributed by atoms with Crippen LogP contribution in [0, 0.1) is 5.92 Å². The van der Waals surface area contributed by atoms with Crippen LogP contribution in [0.4, 0.5) is 0 Å². The molecule has 0 aliphatic heterocycles. The van der Waals surface area contributed by atoms with E-state index in [1.54, 1.807) is 19.1 Å². The molecule has 1 unspecified atom stereocenters. The van der Waals surface area contributed by atoms with E-state index in [-0.39, 0.29) is 18.1 Å². The van der Waals surface area contributed by atoms with Gasteiger partial charge in [-0.2, -0.15) is 0 Å². The average molecular weight is 266 g/mol. The summed E-state index contributed by atoms with van der Waals surface area (Å²) in [5.41, 5.74) is -0.0331. The maximum absolute atomic E-state index is 10.8. The molecule has 4 nitrogen and oxygen atoms in total. The first kappa shape index (κ1) is 15.7. The van der Waals surface area contributed by atoms with Crippen molar-refractivity contribution in [3.05, 3.63) is 35.4 Å². The van der Waals surface area contributed by atoms with Gasteiger partial charge in [0.25, 0.3) is 0 Å². The molecule has 0 radical (unpaired) electrons. The van der Waals surface area contributed by atoms with Crippen molar-refractivity contribution in [1.82, 2.24) is 0 Å². The summed E-state index contributed by atoms with van der Waals surface area (Å²) in [6.07, 6.45) is 2.26. The van der Waals surface area contributed by atoms with Gasteiger partial charge < -0.3 is 15.3 Å². The Morgan fingerprint density at radius 2 is 1.89 bits per heavy atom. The van der Waals surface area contributed by atoms with E-state index in [2.05, 4.69) is 0 Å². The standard InChI is InChI=1S/C15H22O4/c1-11(10-16)4-3-9-15(2,19)13-7-5-12(6-8-13)14(17)18/h5-8,11,16,19H,3-4,9-10H2,1-2H3,(H,17,18)/t11?,15-/m1/s1. The molecule has 1 aromatic rings. The van der Waals surface area contributed by atoms with Crippen molar-refractivity contribution in [1.29, 1.82) is 0 Å². The largest absolute Gasteiger partial charge is 0.478 e. The fourth-order valence-electron chi connectivity index (χ4n) is 2.00. The smallest absolute Gasteiger partial charge is 0.335 e. The molecule has 0 spiro atoms. The van der Waals surface area contributed by atoms with Crippen LogP contribution in [0.1, 0.15) is 49.0 Å². The second-order valence-corrected chi connectivity index (χ2v) is 5.34. The van der Waals surface area contributed by atoms with E-state index in [1.165, 1.54) is 12.1 Å². The number of benzene rings is 1. The van der Waals surface area contributed by atoms with Crippen molar-refractivity contribution >= 4 is 5.97 Å². The number of aliphatic hydroxyl groups excluding tert-OH is 1. The quantitative estimate of drug-likeness (QED) is 0.708. The highest BCUT2D eigenvalue weighted by Gasteiger charge is 2.23. The number of aromatic carboxylic acids is 1. The lowest BCUT2D eigenvalue weighted by molar-refractivity contribution is 0.0428. The van der Waals surface area contributed by atoms with Gasteiger partial charge in [0.1, 0.15) is 0 Å². The third kappa shape index (κ3) is 4.65. The van der Waals surface area contributed by atoms with E-state index in [0.29, 0.717) is 12.0 Å². The second kappa shape index (κ2) is 6.68. The molecule has 0 aliphatic carbocycles. The number of carboxylic acids is 1. The maximum atomic E-state index is 10.8. The van der Waals surface area contributed by atoms with Gasteiger partial charge >= 0.3 is 5.97 Å². The van der Waals surface area contributed by atoms with Crippen LogP contribution in [-0.4, -0.2) is 27.9 Å². The molecular formula is C15H22O4. The Hall–Kier alpha value is -1.39. The zero-order valence-corrected chi connectivity index (χ0v) is 11.5. The highest BCUT2D eigenvalue weighted by atomic mass is 16.4. The molecule has 1 rings (SSSR count). The maximum Gasteiger partial charge on any atom is 0.335 e. The Morgan fingerprint density at radius 3 is 2.37 bits per heavy atom. The molecule has 19 heavy (non-hydrogen) atoms. The molecule has 4 heteroatoms. The van der Waals surface area contributed by atoms with Gasteiger partial charge in [-0.05, 0) is 49.8 Å². The van der Waals surface area contributed by atoms with Crippen LogP contribution in [0.25, 0.3) is 0 Å². The molecule has 0 aromatic heterocycles. The summed E-state index contributed by atoms with van der Waals surface area (Å²) in [7, 11) is 0. The number of rotatable bonds is 7. The van der Waals surface area contributed by atoms with Gasteiger partial charge in [0.05, 0.1) is 11.2 Å². The highest BCUT2D eigenvalue weighted by molar-refractivity contribution is 5.87. The Morgan fingerprint density at radius 1 is 1.32 bits per heavy atom. The molecule has 1 aromatic carbocycles. The second-order valence-electron chi connectivity index (χ2n) is 5.34. The van der Waals surface area contributed by atoms with Gasteiger partial charge in [-0.1, -0.05) is 19.1 Å². The van der Waals surface area contributed by atoms with Crippen LogP contribution in [-0.2, 0) is 5.60 Å². The fourth-order valence-corrected chi connectivity index (χ4v) is 2.00. The van der Waals surface area contributed by atoms with Crippen molar-refractivity contribution in [3.63, 3.8) is 0 Å². The molecular weight excluding hydrogens is 244 g/mol. The molecule has 0 fully saturated rings. The highest BCUT2D eigenvalue weighted by Crippen LogP contribution is 2.27. The molecule has 0 aliphatic rings. The lowest BCUT2D eigenvalue weighted by Crippen LogP contribution is -2.21. The molecule has 0 heterocycles. The van der Waals surface area contributed by atoms with E-state index in [0.717, 1.165) is 12.8 Å². The van der Waals surface area contributed by atoms with Crippen molar-refractivity contribution < 1.29 is 20.1 Å². The molecule has 2 atom stereocenters. The lowest BCUT2D eigenvalue weighted by atomic mass is 9.88. The lowest BCUT2D eigenvalue weighted by Gasteiger charge is -2.24. The Kier molecular flexibility index (Phi) is 5.51. The van der Waals surface area contributed by atoms with Gasteiger partial charge in [-0.15, -0.1) is 0 Å². The van der Waals surface area contributed by atoms with Gasteiger partial charge in [0.15, 0.2) is 0 Å². The topological polar surface area (TPSA) is 77.8 Å². The minimum absolute atomic E-state index is 0.162. The van der Waals surface area contributed by atoms with Crippen LogP contribution < -0.4 is 0 Å². The van der Waals surface area contributed by atoms with Gasteiger partial charge in [-0.25, -0.2) is 4.79 Å². The SMILES string of the molecule is CC(CO)CCC[C@@](C)(O)c1ccc(C(=O)O)cc1. The van der Waals surface area contributed by atoms with Gasteiger partial charge in [0, 0.05) is 6.61 Å². The molecule has 0 saturated heterocycles. The van der Waals surface area contributed by atoms with Crippen molar-refractivity contribution in [3.8, 4) is 0 Å². The minimum Gasteiger partial charge on any atom is -0.478 e. The van der Waals surface area contributed by atoms with Gasteiger partial charge in [0.2, 0.25) is 0 Å². The third-order valence-electron chi connectivity index (χ3n) is 3.43. The molecule has 0 saturated carbocycles. The average Bonchev–Trinajstić information content (AvgIpc) is 2.38. The van der Waals surface area contributed by atoms with Gasteiger partial charge in [-0.3, -0.25) is 0 Å². The summed E-state index contributed by atoms with van der Waals surface area (Å²) in [5, 5.41) is 28.2. The Labute approximate surface area is 113 Å². The summed E-state index contributed by atoms with van der Waals surface area (Å²) in [4.78, 5) is 10.8. The van der Waals surface area contributed by atoms with Crippen molar-refractivity contribution in [2.75, 3.05) is 6.61 Å². The summed E-state index contributed by atoms with van der Waals surface area (Å²) >= 11 is 0. The van der Waals surface area contributed by atoms with E-state index >= 15 is 0 Å². The van der Waals surface area contributed by atoms with Crippen LogP contribution in [0.5, 0.6) is 0 Å². The van der Waals surface area contributed by atoms with Crippen LogP contribution in [0.15, 0.2) is 24.3 Å². The summed E-state index contributed by atoms with van der Waals surface area (Å²) in [5.74, 6) is -0.729. The zero-order valence-electron chi connectivity index (χ0n) is 11.5. The summed E-state index contributed by atoms with van der Waals surface area (Å²) in [6.45, 7) is 3.86. The van der Waals surface area contributed by atoms with Crippen LogP contribution >= 0.6 is 0 Å². The first-order valence-corrected chi connectivity index (χ1v) is 6.54. The summed E-state index contributed by atoms with van der Waals surface area (Å²) in [6, 6.07) is 6.31. The van der Waals surface area contributed by atoms with E-state index < -0.39 is 11.6 Å². The zero-order chi connectivity index (χ0) is 14.5. The van der Waals surface area contributed by atoms with Crippen LogP contribution in [0.3, 0.4) is 0 Å². The number of carbonyl (C=O) groups is 1. The van der Waals surface area contributed by atoms with E-state index in [1.807, 2.05) is 6.92 Å². The molecule has 0 amide bonds. The minimum atomic E-state index is -0.969. The molecule has 0 bridgehead atoms. The number of carboxylic acid groups (broad SMARTS) is 1. The number of hydrogen-bond donors (Lipinski definition) is 3. The molecule has 106 valence electrons. The van der Waals surface area contributed by atoms with E-state index in [4.69, 9.17) is 10.2 Å². The Balaban J connectivity index is 2.63. The monoisotopic (exact) mass is 266 g/mol.